The van der Waals surface area contributed by atoms with E-state index in [-0.39, 0.29) is 30.4 Å². The van der Waals surface area contributed by atoms with Crippen molar-refractivity contribution in [3.8, 4) is 0 Å². The summed E-state index contributed by atoms with van der Waals surface area (Å²) in [5.74, 6) is 0.991. The lowest BCUT2D eigenvalue weighted by molar-refractivity contribution is -0.867. The van der Waals surface area contributed by atoms with Crippen molar-refractivity contribution in [3.05, 3.63) is 0 Å². The number of rotatable bonds is 6. The van der Waals surface area contributed by atoms with Crippen molar-refractivity contribution >= 4 is 31.2 Å². The van der Waals surface area contributed by atoms with Crippen molar-refractivity contribution in [2.45, 2.75) is 19.8 Å². The van der Waals surface area contributed by atoms with E-state index in [0.29, 0.717) is 6.42 Å². The Morgan fingerprint density at radius 2 is 1.19 bits per heavy atom. The van der Waals surface area contributed by atoms with Crippen LogP contribution in [0.1, 0.15) is 19.8 Å². The number of hydrogen-bond donors (Lipinski definition) is 2. The zero-order valence-corrected chi connectivity index (χ0v) is 18.7. The first-order chi connectivity index (χ1) is 8.89. The summed E-state index contributed by atoms with van der Waals surface area (Å²) in [5.41, 5.74) is 0. The number of aliphatic carboxylic acids is 1. The van der Waals surface area contributed by atoms with E-state index in [1.54, 1.807) is 6.92 Å². The van der Waals surface area contributed by atoms with Crippen LogP contribution in [-0.2, 0) is 4.79 Å². The molecule has 0 N–H and O–H groups in total. The van der Waals surface area contributed by atoms with Gasteiger partial charge < -0.3 is 42.8 Å². The molecule has 0 amide bonds. The zero-order valence-electron chi connectivity index (χ0n) is 14.7. The quantitative estimate of drug-likeness (QED) is 0.272. The number of carbonyl (C=O) groups is 1. The Bertz CT molecular complexity index is 214. The lowest BCUT2D eigenvalue weighted by Gasteiger charge is -2.22. The summed E-state index contributed by atoms with van der Waals surface area (Å²) >= 11 is 8.20. The third-order valence-electron chi connectivity index (χ3n) is 2.00. The molecule has 7 heteroatoms. The molecule has 0 bridgehead atoms. The van der Waals surface area contributed by atoms with Crippen molar-refractivity contribution in [1.29, 1.82) is 0 Å². The van der Waals surface area contributed by atoms with Crippen molar-refractivity contribution in [3.63, 3.8) is 0 Å². The van der Waals surface area contributed by atoms with Gasteiger partial charge in [-0.05, 0) is 6.42 Å². The van der Waals surface area contributed by atoms with E-state index >= 15 is 0 Å². The molecule has 0 saturated heterocycles. The Balaban J connectivity index is -0.000000101. The van der Waals surface area contributed by atoms with Crippen LogP contribution in [0.2, 0.25) is 0 Å². The maximum Gasteiger partial charge on any atom is 0.0869 e. The molecule has 0 fully saturated rings. The third-order valence-corrected chi connectivity index (χ3v) is 2.40. The van der Waals surface area contributed by atoms with E-state index < -0.39 is 5.97 Å². The lowest BCUT2D eigenvalue weighted by Crippen LogP contribution is -3.00. The van der Waals surface area contributed by atoms with Crippen molar-refractivity contribution in [1.82, 2.24) is 0 Å². The minimum Gasteiger partial charge on any atom is -1.00 e. The van der Waals surface area contributed by atoms with Crippen LogP contribution in [0.25, 0.3) is 0 Å². The van der Waals surface area contributed by atoms with Gasteiger partial charge in [0.05, 0.1) is 55.4 Å². The molecule has 21 heavy (non-hydrogen) atoms. The Kier molecular flexibility index (Phi) is 24.4. The van der Waals surface area contributed by atoms with Gasteiger partial charge in [0.15, 0.2) is 0 Å². The normalized spacial score (nSPS) is 10.3. The van der Waals surface area contributed by atoms with Crippen LogP contribution in [0.15, 0.2) is 0 Å². The highest BCUT2D eigenvalue weighted by molar-refractivity contribution is 7.80. The van der Waals surface area contributed by atoms with Gasteiger partial charge in [-0.3, -0.25) is 0 Å². The summed E-state index contributed by atoms with van der Waals surface area (Å²) in [6.45, 7) is 4.09. The Labute approximate surface area is 160 Å². The van der Waals surface area contributed by atoms with Gasteiger partial charge in [0.1, 0.15) is 0 Å². The van der Waals surface area contributed by atoms with Gasteiger partial charge in [-0.1, -0.05) is 13.3 Å². The number of carbonyl (C=O) groups excluding carboxylic acids is 1. The minimum absolute atomic E-state index is 0. The van der Waals surface area contributed by atoms with Gasteiger partial charge in [-0.15, -0.1) is 0 Å². The first kappa shape index (κ1) is 29.8. The Morgan fingerprint density at radius 3 is 1.19 bits per heavy atom. The van der Waals surface area contributed by atoms with Crippen LogP contribution in [0.3, 0.4) is 0 Å². The highest BCUT2D eigenvalue weighted by atomic mass is 127. The SMILES string of the molecule is CCCC(=O)[O-].C[N+](C)(C)CCS.C[N+](C)(C)CCS.[I-]. The second-order valence-electron chi connectivity index (χ2n) is 6.60. The Hall–Kier alpha value is 0.820. The summed E-state index contributed by atoms with van der Waals surface area (Å²) in [6, 6.07) is 0. The van der Waals surface area contributed by atoms with E-state index in [1.807, 2.05) is 0 Å². The van der Waals surface area contributed by atoms with Gasteiger partial charge in [-0.25, -0.2) is 0 Å². The molecule has 0 aliphatic carbocycles. The average molecular weight is 454 g/mol. The van der Waals surface area contributed by atoms with Gasteiger partial charge >= 0.3 is 0 Å². The molecular formula is C14H35IN2O2S2. The number of carboxylic acid groups (broad SMARTS) is 1. The molecule has 0 aromatic heterocycles. The molecule has 0 heterocycles. The molecule has 0 aromatic rings. The fraction of sp³-hybridized carbons (Fsp3) is 0.929. The van der Waals surface area contributed by atoms with Gasteiger partial charge in [0, 0.05) is 17.5 Å². The molecule has 0 radical (unpaired) electrons. The van der Waals surface area contributed by atoms with Crippen molar-refractivity contribution in [2.75, 3.05) is 66.9 Å². The second kappa shape index (κ2) is 17.2. The third kappa shape index (κ3) is 52.8. The summed E-state index contributed by atoms with van der Waals surface area (Å²) in [4.78, 5) is 9.49. The van der Waals surface area contributed by atoms with Crippen LogP contribution in [-0.4, -0.2) is 81.8 Å². The van der Waals surface area contributed by atoms with Gasteiger partial charge in [-0.2, -0.15) is 25.3 Å². The molecule has 4 nitrogen and oxygen atoms in total. The molecule has 0 rings (SSSR count). The highest BCUT2D eigenvalue weighted by Gasteiger charge is 2.02. The number of halogens is 1. The molecule has 0 atom stereocenters. The zero-order chi connectivity index (χ0) is 16.8. The van der Waals surface area contributed by atoms with E-state index in [1.165, 1.54) is 0 Å². The smallest absolute Gasteiger partial charge is 0.0869 e. The predicted octanol–water partition coefficient (Wildman–Crippen LogP) is -2.21. The largest absolute Gasteiger partial charge is 1.00 e. The first-order valence-corrected chi connectivity index (χ1v) is 8.18. The molecular weight excluding hydrogens is 419 g/mol. The van der Waals surface area contributed by atoms with Gasteiger partial charge in [0.2, 0.25) is 0 Å². The maximum atomic E-state index is 9.49. The molecule has 0 saturated carbocycles. The Morgan fingerprint density at radius 1 is 0.905 bits per heavy atom. The number of hydrogen-bond acceptors (Lipinski definition) is 4. The predicted molar refractivity (Wildman–Crippen MR) is 93.4 cm³/mol. The van der Waals surface area contributed by atoms with Crippen LogP contribution in [0.4, 0.5) is 0 Å². The molecule has 0 aromatic carbocycles. The van der Waals surface area contributed by atoms with E-state index in [0.717, 1.165) is 33.6 Å². The van der Waals surface area contributed by atoms with Gasteiger partial charge in [0.25, 0.3) is 0 Å². The molecule has 0 spiro atoms. The van der Waals surface area contributed by atoms with Crippen LogP contribution < -0.4 is 29.1 Å². The maximum absolute atomic E-state index is 9.49. The van der Waals surface area contributed by atoms with E-state index in [9.17, 15) is 9.90 Å². The summed E-state index contributed by atoms with van der Waals surface area (Å²) < 4.78 is 2.03. The topological polar surface area (TPSA) is 40.1 Å². The monoisotopic (exact) mass is 454 g/mol. The summed E-state index contributed by atoms with van der Waals surface area (Å²) in [6.07, 6.45) is 0.850. The molecule has 0 aliphatic rings. The fourth-order valence-corrected chi connectivity index (χ4v) is 2.00. The molecule has 0 unspecified atom stereocenters. The highest BCUT2D eigenvalue weighted by Crippen LogP contribution is 1.89. The number of quaternary nitrogens is 2. The van der Waals surface area contributed by atoms with Crippen LogP contribution in [0, 0.1) is 0 Å². The van der Waals surface area contributed by atoms with Crippen LogP contribution in [0.5, 0.6) is 0 Å². The summed E-state index contributed by atoms with van der Waals surface area (Å²) in [7, 11) is 13.0. The molecule has 0 aliphatic heterocycles. The minimum atomic E-state index is -0.961. The van der Waals surface area contributed by atoms with E-state index in [4.69, 9.17) is 0 Å². The van der Waals surface area contributed by atoms with Crippen LogP contribution >= 0.6 is 25.3 Å². The number of carboxylic acids is 1. The fourth-order valence-electron chi connectivity index (χ4n) is 0.804. The number of thiol groups is 2. The lowest BCUT2D eigenvalue weighted by atomic mass is 10.4. The second-order valence-corrected chi connectivity index (χ2v) is 7.49. The molecule has 132 valence electrons. The first-order valence-electron chi connectivity index (χ1n) is 6.92. The van der Waals surface area contributed by atoms with Crippen molar-refractivity contribution in [2.24, 2.45) is 0 Å². The average Bonchev–Trinajstić information content (AvgIpc) is 2.14. The van der Waals surface area contributed by atoms with Crippen molar-refractivity contribution < 1.29 is 42.8 Å². The standard InChI is InChI=1S/2C5H13NS.C4H8O2.HI/c2*1-6(2,3)4-5-7;1-2-3-4(5)6;/h2*4-5H2,1-3H3;2-3H2,1H3,(H,5,6);1H. The summed E-state index contributed by atoms with van der Waals surface area (Å²) in [5, 5.41) is 9.49. The number of nitrogens with zero attached hydrogens (tertiary/aromatic N) is 2. The van der Waals surface area contributed by atoms with E-state index in [2.05, 4.69) is 67.5 Å².